The van der Waals surface area contributed by atoms with Gasteiger partial charge >= 0.3 is 5.97 Å². The summed E-state index contributed by atoms with van der Waals surface area (Å²) in [5.74, 6) is -1.26. The quantitative estimate of drug-likeness (QED) is 0.248. The van der Waals surface area contributed by atoms with Crippen molar-refractivity contribution in [3.63, 3.8) is 0 Å². The van der Waals surface area contributed by atoms with Crippen LogP contribution in [-0.2, 0) is 20.7 Å². The predicted octanol–water partition coefficient (Wildman–Crippen LogP) is 3.51. The zero-order chi connectivity index (χ0) is 20.7. The Morgan fingerprint density at radius 1 is 1.25 bits per heavy atom. The van der Waals surface area contributed by atoms with Gasteiger partial charge in [0.05, 0.1) is 11.3 Å². The van der Waals surface area contributed by atoms with Gasteiger partial charge in [-0.2, -0.15) is 5.26 Å². The molecule has 0 atom stereocenters. The minimum Gasteiger partial charge on any atom is -0.455 e. The Labute approximate surface area is 165 Å². The number of thioether (sulfide) groups is 1. The van der Waals surface area contributed by atoms with Crippen LogP contribution in [0.3, 0.4) is 0 Å². The summed E-state index contributed by atoms with van der Waals surface area (Å²) in [7, 11) is 0. The van der Waals surface area contributed by atoms with E-state index < -0.39 is 23.4 Å². The maximum absolute atomic E-state index is 12.1. The highest BCUT2D eigenvalue weighted by atomic mass is 32.2. The molecule has 0 saturated heterocycles. The fourth-order valence-corrected chi connectivity index (χ4v) is 3.18. The SMILES string of the molecule is Cc1cc(SC#N)cc(C)c1NC(=O)COC(=O)Cc1ccccc1[N+](=O)[O-]. The lowest BCUT2D eigenvalue weighted by Gasteiger charge is -2.13. The minimum atomic E-state index is -0.737. The monoisotopic (exact) mass is 399 g/mol. The maximum Gasteiger partial charge on any atom is 0.311 e. The van der Waals surface area contributed by atoms with E-state index in [4.69, 9.17) is 10.00 Å². The number of carbonyl (C=O) groups excluding carboxylic acids is 2. The van der Waals surface area contributed by atoms with Gasteiger partial charge in [-0.1, -0.05) is 18.2 Å². The number of carbonyl (C=O) groups is 2. The van der Waals surface area contributed by atoms with E-state index in [-0.39, 0.29) is 17.7 Å². The first-order chi connectivity index (χ1) is 13.3. The number of anilines is 1. The van der Waals surface area contributed by atoms with Gasteiger partial charge in [-0.05, 0) is 48.9 Å². The highest BCUT2D eigenvalue weighted by molar-refractivity contribution is 8.03. The summed E-state index contributed by atoms with van der Waals surface area (Å²) in [4.78, 5) is 35.2. The number of ether oxygens (including phenoxy) is 1. The first kappa shape index (κ1) is 20.9. The van der Waals surface area contributed by atoms with E-state index in [1.165, 1.54) is 18.2 Å². The van der Waals surface area contributed by atoms with Crippen LogP contribution in [0, 0.1) is 34.6 Å². The topological polar surface area (TPSA) is 122 Å². The van der Waals surface area contributed by atoms with E-state index >= 15 is 0 Å². The van der Waals surface area contributed by atoms with Gasteiger partial charge in [-0.15, -0.1) is 0 Å². The molecule has 0 aliphatic carbocycles. The first-order valence-electron chi connectivity index (χ1n) is 8.16. The summed E-state index contributed by atoms with van der Waals surface area (Å²) in [6, 6.07) is 9.41. The number of nitrogens with one attached hydrogen (secondary N) is 1. The van der Waals surface area contributed by atoms with Crippen LogP contribution >= 0.6 is 11.8 Å². The Balaban J connectivity index is 1.95. The van der Waals surface area contributed by atoms with Crippen LogP contribution in [0.15, 0.2) is 41.3 Å². The first-order valence-corrected chi connectivity index (χ1v) is 8.98. The number of hydrogen-bond donors (Lipinski definition) is 1. The number of nitro benzene ring substituents is 1. The summed E-state index contributed by atoms with van der Waals surface area (Å²) in [5, 5.41) is 24.4. The number of hydrogen-bond acceptors (Lipinski definition) is 7. The molecular formula is C19H17N3O5S. The van der Waals surface area contributed by atoms with Gasteiger partial charge in [0.2, 0.25) is 0 Å². The summed E-state index contributed by atoms with van der Waals surface area (Å²) >= 11 is 1.02. The second-order valence-electron chi connectivity index (χ2n) is 5.90. The standard InChI is InChI=1S/C19H17N3O5S/c1-12-7-15(28-11-20)8-13(2)19(12)21-17(23)10-27-18(24)9-14-5-3-4-6-16(14)22(25)26/h3-8H,9-10H2,1-2H3,(H,21,23). The van der Waals surface area contributed by atoms with Crippen molar-refractivity contribution in [2.45, 2.75) is 25.2 Å². The Morgan fingerprint density at radius 2 is 1.89 bits per heavy atom. The summed E-state index contributed by atoms with van der Waals surface area (Å²) in [5.41, 5.74) is 2.18. The Morgan fingerprint density at radius 3 is 2.50 bits per heavy atom. The van der Waals surface area contributed by atoms with Gasteiger partial charge in [0.1, 0.15) is 5.40 Å². The highest BCUT2D eigenvalue weighted by Gasteiger charge is 2.17. The van der Waals surface area contributed by atoms with Crippen molar-refractivity contribution in [2.24, 2.45) is 0 Å². The van der Waals surface area contributed by atoms with Gasteiger partial charge in [-0.25, -0.2) is 0 Å². The predicted molar refractivity (Wildman–Crippen MR) is 104 cm³/mol. The third-order valence-corrected chi connectivity index (χ3v) is 4.38. The highest BCUT2D eigenvalue weighted by Crippen LogP contribution is 2.27. The molecule has 0 radical (unpaired) electrons. The molecule has 0 fully saturated rings. The van der Waals surface area contributed by atoms with E-state index in [2.05, 4.69) is 5.32 Å². The number of thiocyanates is 1. The minimum absolute atomic E-state index is 0.175. The van der Waals surface area contributed by atoms with E-state index in [1.54, 1.807) is 32.0 Å². The second-order valence-corrected chi connectivity index (χ2v) is 6.75. The molecule has 0 spiro atoms. The number of para-hydroxylation sites is 1. The van der Waals surface area contributed by atoms with Gasteiger partial charge in [0.15, 0.2) is 6.61 Å². The van der Waals surface area contributed by atoms with Crippen molar-refractivity contribution < 1.29 is 19.2 Å². The average Bonchev–Trinajstić information content (AvgIpc) is 2.63. The van der Waals surface area contributed by atoms with Crippen LogP contribution in [0.4, 0.5) is 11.4 Å². The number of rotatable bonds is 7. The number of aryl methyl sites for hydroxylation is 2. The molecule has 0 aromatic heterocycles. The smallest absolute Gasteiger partial charge is 0.311 e. The maximum atomic E-state index is 12.1. The molecule has 1 N–H and O–H groups in total. The molecule has 9 heteroatoms. The van der Waals surface area contributed by atoms with Crippen molar-refractivity contribution in [1.29, 1.82) is 5.26 Å². The van der Waals surface area contributed by atoms with Crippen LogP contribution in [0.25, 0.3) is 0 Å². The van der Waals surface area contributed by atoms with E-state index in [0.29, 0.717) is 5.69 Å². The van der Waals surface area contributed by atoms with Crippen LogP contribution in [0.2, 0.25) is 0 Å². The second kappa shape index (κ2) is 9.53. The molecule has 0 bridgehead atoms. The molecular weight excluding hydrogens is 382 g/mol. The molecule has 2 rings (SSSR count). The van der Waals surface area contributed by atoms with Crippen molar-refractivity contribution in [3.05, 3.63) is 63.2 Å². The van der Waals surface area contributed by atoms with Crippen LogP contribution in [0.5, 0.6) is 0 Å². The number of nitro groups is 1. The van der Waals surface area contributed by atoms with Crippen molar-refractivity contribution in [2.75, 3.05) is 11.9 Å². The lowest BCUT2D eigenvalue weighted by Crippen LogP contribution is -2.22. The largest absolute Gasteiger partial charge is 0.455 e. The van der Waals surface area contributed by atoms with Gasteiger partial charge in [-0.3, -0.25) is 19.7 Å². The number of amides is 1. The molecule has 0 unspecified atom stereocenters. The molecule has 2 aromatic rings. The van der Waals surface area contributed by atoms with Gasteiger partial charge in [0.25, 0.3) is 11.6 Å². The molecule has 28 heavy (non-hydrogen) atoms. The third-order valence-electron chi connectivity index (χ3n) is 3.82. The number of benzene rings is 2. The molecule has 2 aromatic carbocycles. The number of esters is 1. The summed E-state index contributed by atoms with van der Waals surface area (Å²) in [6.07, 6.45) is -0.303. The summed E-state index contributed by atoms with van der Waals surface area (Å²) < 4.78 is 4.94. The molecule has 0 heterocycles. The fraction of sp³-hybridized carbons (Fsp3) is 0.211. The van der Waals surface area contributed by atoms with E-state index in [1.807, 2.05) is 5.40 Å². The van der Waals surface area contributed by atoms with Crippen LogP contribution in [-0.4, -0.2) is 23.4 Å². The Kier molecular flexibility index (Phi) is 7.12. The molecule has 0 saturated carbocycles. The van der Waals surface area contributed by atoms with E-state index in [0.717, 1.165) is 27.8 Å². The van der Waals surface area contributed by atoms with E-state index in [9.17, 15) is 19.7 Å². The average molecular weight is 399 g/mol. The van der Waals surface area contributed by atoms with Gasteiger partial charge in [0, 0.05) is 22.2 Å². The van der Waals surface area contributed by atoms with Crippen molar-refractivity contribution in [3.8, 4) is 5.40 Å². The van der Waals surface area contributed by atoms with Crippen LogP contribution in [0.1, 0.15) is 16.7 Å². The zero-order valence-corrected chi connectivity index (χ0v) is 16.0. The third kappa shape index (κ3) is 5.56. The molecule has 8 nitrogen and oxygen atoms in total. The summed E-state index contributed by atoms with van der Waals surface area (Å²) in [6.45, 7) is 3.09. The Bertz CT molecular complexity index is 945. The van der Waals surface area contributed by atoms with Gasteiger partial charge < -0.3 is 10.1 Å². The molecule has 0 aliphatic rings. The van der Waals surface area contributed by atoms with Crippen molar-refractivity contribution >= 4 is 35.0 Å². The lowest BCUT2D eigenvalue weighted by atomic mass is 10.1. The normalized spacial score (nSPS) is 10.0. The lowest BCUT2D eigenvalue weighted by molar-refractivity contribution is -0.385. The number of nitriles is 1. The fourth-order valence-electron chi connectivity index (χ4n) is 2.60. The molecule has 0 aliphatic heterocycles. The van der Waals surface area contributed by atoms with Crippen LogP contribution < -0.4 is 5.32 Å². The molecule has 144 valence electrons. The van der Waals surface area contributed by atoms with Crippen molar-refractivity contribution in [1.82, 2.24) is 0 Å². The molecule has 1 amide bonds. The zero-order valence-electron chi connectivity index (χ0n) is 15.2. The number of nitrogens with zero attached hydrogens (tertiary/aromatic N) is 2. The Hall–Kier alpha value is -3.38.